The fraction of sp³-hybridized carbons (Fsp3) is 1.00. The number of nitrogens with zero attached hydrogens (tertiary/aromatic N) is 2. The minimum Gasteiger partial charge on any atom is -0.374 e. The van der Waals surface area contributed by atoms with Gasteiger partial charge in [0.05, 0.1) is 12.7 Å². The van der Waals surface area contributed by atoms with Crippen LogP contribution < -0.4 is 5.32 Å². The van der Waals surface area contributed by atoms with Crippen molar-refractivity contribution < 1.29 is 4.74 Å². The highest BCUT2D eigenvalue weighted by atomic mass is 16.5. The first-order chi connectivity index (χ1) is 7.77. The summed E-state index contributed by atoms with van der Waals surface area (Å²) in [6, 6.07) is 0.541. The van der Waals surface area contributed by atoms with Crippen LogP contribution in [0, 0.1) is 0 Å². The van der Waals surface area contributed by atoms with E-state index in [1.807, 2.05) is 0 Å². The van der Waals surface area contributed by atoms with Crippen LogP contribution in [-0.2, 0) is 4.74 Å². The summed E-state index contributed by atoms with van der Waals surface area (Å²) in [5.74, 6) is 0. The Morgan fingerprint density at radius 1 is 1.25 bits per heavy atom. The summed E-state index contributed by atoms with van der Waals surface area (Å²) in [6.07, 6.45) is 1.65. The van der Waals surface area contributed by atoms with Gasteiger partial charge in [-0.3, -0.25) is 4.90 Å². The van der Waals surface area contributed by atoms with E-state index in [4.69, 9.17) is 4.74 Å². The quantitative estimate of drug-likeness (QED) is 0.719. The van der Waals surface area contributed by atoms with Gasteiger partial charge in [-0.2, -0.15) is 0 Å². The first kappa shape index (κ1) is 12.3. The summed E-state index contributed by atoms with van der Waals surface area (Å²) >= 11 is 0. The zero-order valence-electron chi connectivity index (χ0n) is 10.6. The first-order valence-electron chi connectivity index (χ1n) is 6.52. The fourth-order valence-corrected chi connectivity index (χ4v) is 2.60. The highest BCUT2D eigenvalue weighted by molar-refractivity contribution is 4.82. The zero-order valence-corrected chi connectivity index (χ0v) is 10.6. The van der Waals surface area contributed by atoms with Gasteiger partial charge in [0.15, 0.2) is 0 Å². The van der Waals surface area contributed by atoms with Crippen LogP contribution in [0.1, 0.15) is 13.3 Å². The van der Waals surface area contributed by atoms with E-state index in [1.54, 1.807) is 0 Å². The van der Waals surface area contributed by atoms with Crippen molar-refractivity contribution in [1.29, 1.82) is 0 Å². The highest BCUT2D eigenvalue weighted by Crippen LogP contribution is 2.12. The molecule has 0 aliphatic carbocycles. The maximum absolute atomic E-state index is 5.84. The molecule has 2 aliphatic rings. The number of morpholine rings is 1. The summed E-state index contributed by atoms with van der Waals surface area (Å²) in [5.41, 5.74) is 0. The first-order valence-corrected chi connectivity index (χ1v) is 6.52. The van der Waals surface area contributed by atoms with Crippen molar-refractivity contribution in [2.75, 3.05) is 52.9 Å². The number of hydrogen-bond acceptors (Lipinski definition) is 4. The highest BCUT2D eigenvalue weighted by Gasteiger charge is 2.26. The maximum Gasteiger partial charge on any atom is 0.0852 e. The zero-order chi connectivity index (χ0) is 11.4. The Morgan fingerprint density at radius 2 is 2.12 bits per heavy atom. The van der Waals surface area contributed by atoms with Gasteiger partial charge in [0.25, 0.3) is 0 Å². The van der Waals surface area contributed by atoms with Gasteiger partial charge in [0.1, 0.15) is 0 Å². The van der Waals surface area contributed by atoms with Crippen molar-refractivity contribution in [2.45, 2.75) is 25.5 Å². The average Bonchev–Trinajstić information content (AvgIpc) is 2.54. The van der Waals surface area contributed by atoms with Crippen molar-refractivity contribution in [1.82, 2.24) is 15.1 Å². The molecule has 2 aliphatic heterocycles. The van der Waals surface area contributed by atoms with Gasteiger partial charge in [-0.15, -0.1) is 0 Å². The normalized spacial score (nSPS) is 32.2. The molecular weight excluding hydrogens is 202 g/mol. The van der Waals surface area contributed by atoms with Crippen LogP contribution >= 0.6 is 0 Å². The van der Waals surface area contributed by atoms with E-state index in [-0.39, 0.29) is 0 Å². The molecule has 2 heterocycles. The number of nitrogens with one attached hydrogen (secondary N) is 1. The number of likely N-dealkylation sites (N-methyl/N-ethyl adjacent to an activating group) is 1. The van der Waals surface area contributed by atoms with E-state index in [9.17, 15) is 0 Å². The molecule has 94 valence electrons. The van der Waals surface area contributed by atoms with Crippen LogP contribution in [0.15, 0.2) is 0 Å². The lowest BCUT2D eigenvalue weighted by Gasteiger charge is -2.36. The van der Waals surface area contributed by atoms with Crippen molar-refractivity contribution in [2.24, 2.45) is 0 Å². The smallest absolute Gasteiger partial charge is 0.0852 e. The summed E-state index contributed by atoms with van der Waals surface area (Å²) in [5, 5.41) is 3.42. The lowest BCUT2D eigenvalue weighted by molar-refractivity contribution is -0.0250. The predicted octanol–water partition coefficient (Wildman–Crippen LogP) is 0.000800. The summed E-state index contributed by atoms with van der Waals surface area (Å²) in [4.78, 5) is 5.01. The van der Waals surface area contributed by atoms with Gasteiger partial charge >= 0.3 is 0 Å². The fourth-order valence-electron chi connectivity index (χ4n) is 2.60. The number of hydrogen-bond donors (Lipinski definition) is 1. The molecule has 2 unspecified atom stereocenters. The van der Waals surface area contributed by atoms with Crippen LogP contribution in [-0.4, -0.2) is 74.9 Å². The third-order valence-corrected chi connectivity index (χ3v) is 3.82. The lowest BCUT2D eigenvalue weighted by Crippen LogP contribution is -2.51. The van der Waals surface area contributed by atoms with E-state index in [0.29, 0.717) is 12.1 Å². The molecule has 4 heteroatoms. The van der Waals surface area contributed by atoms with E-state index in [2.05, 4.69) is 29.1 Å². The SMILES string of the molecule is CC(C1CNCCO1)N1CCCN(C)CC1. The van der Waals surface area contributed by atoms with Gasteiger partial charge in [-0.1, -0.05) is 0 Å². The minimum atomic E-state index is 0.372. The van der Waals surface area contributed by atoms with Crippen LogP contribution in [0.2, 0.25) is 0 Å². The average molecular weight is 227 g/mol. The molecular formula is C12H25N3O. The van der Waals surface area contributed by atoms with Crippen molar-refractivity contribution in [3.05, 3.63) is 0 Å². The molecule has 0 aromatic carbocycles. The van der Waals surface area contributed by atoms with Crippen molar-refractivity contribution >= 4 is 0 Å². The van der Waals surface area contributed by atoms with Gasteiger partial charge in [0.2, 0.25) is 0 Å². The maximum atomic E-state index is 5.84. The largest absolute Gasteiger partial charge is 0.374 e. The molecule has 0 spiro atoms. The molecule has 2 fully saturated rings. The predicted molar refractivity (Wildman–Crippen MR) is 65.8 cm³/mol. The molecule has 16 heavy (non-hydrogen) atoms. The Labute approximate surface area is 98.9 Å². The second-order valence-corrected chi connectivity index (χ2v) is 5.05. The van der Waals surface area contributed by atoms with E-state index >= 15 is 0 Å². The van der Waals surface area contributed by atoms with Gasteiger partial charge < -0.3 is 15.0 Å². The molecule has 2 rings (SSSR count). The molecule has 0 bridgehead atoms. The second-order valence-electron chi connectivity index (χ2n) is 5.05. The molecule has 0 amide bonds. The molecule has 0 saturated carbocycles. The van der Waals surface area contributed by atoms with Crippen LogP contribution in [0.25, 0.3) is 0 Å². The summed E-state index contributed by atoms with van der Waals surface area (Å²) in [7, 11) is 2.22. The molecule has 0 radical (unpaired) electrons. The standard InChI is InChI=1S/C12H25N3O/c1-11(12-10-13-4-9-16-12)15-6-3-5-14(2)7-8-15/h11-13H,3-10H2,1-2H3. The van der Waals surface area contributed by atoms with E-state index in [1.165, 1.54) is 32.6 Å². The van der Waals surface area contributed by atoms with Crippen LogP contribution in [0.5, 0.6) is 0 Å². The molecule has 4 nitrogen and oxygen atoms in total. The van der Waals surface area contributed by atoms with Gasteiger partial charge in [0, 0.05) is 32.2 Å². The lowest BCUT2D eigenvalue weighted by atomic mass is 10.1. The second kappa shape index (κ2) is 5.96. The molecule has 2 saturated heterocycles. The molecule has 1 N–H and O–H groups in total. The molecule has 2 atom stereocenters. The Morgan fingerprint density at radius 3 is 2.88 bits per heavy atom. The van der Waals surface area contributed by atoms with E-state index in [0.717, 1.165) is 19.7 Å². The monoisotopic (exact) mass is 227 g/mol. The van der Waals surface area contributed by atoms with Crippen molar-refractivity contribution in [3.8, 4) is 0 Å². The number of rotatable bonds is 2. The molecule has 0 aromatic rings. The Balaban J connectivity index is 1.84. The Kier molecular flexibility index (Phi) is 4.58. The Hall–Kier alpha value is -0.160. The topological polar surface area (TPSA) is 27.7 Å². The van der Waals surface area contributed by atoms with E-state index < -0.39 is 0 Å². The van der Waals surface area contributed by atoms with Gasteiger partial charge in [-0.05, 0) is 33.5 Å². The minimum absolute atomic E-state index is 0.372. The van der Waals surface area contributed by atoms with Crippen LogP contribution in [0.3, 0.4) is 0 Å². The number of ether oxygens (including phenoxy) is 1. The Bertz CT molecular complexity index is 206. The summed E-state index contributed by atoms with van der Waals surface area (Å²) in [6.45, 7) is 9.99. The van der Waals surface area contributed by atoms with Gasteiger partial charge in [-0.25, -0.2) is 0 Å². The van der Waals surface area contributed by atoms with Crippen LogP contribution in [0.4, 0.5) is 0 Å². The van der Waals surface area contributed by atoms with Crippen molar-refractivity contribution in [3.63, 3.8) is 0 Å². The molecule has 0 aromatic heterocycles. The third kappa shape index (κ3) is 3.17. The third-order valence-electron chi connectivity index (χ3n) is 3.82. The summed E-state index contributed by atoms with van der Waals surface area (Å²) < 4.78 is 5.84.